The van der Waals surface area contributed by atoms with Crippen molar-refractivity contribution in [1.82, 2.24) is 4.98 Å². The van der Waals surface area contributed by atoms with Crippen molar-refractivity contribution in [3.05, 3.63) is 59.5 Å². The lowest BCUT2D eigenvalue weighted by atomic mass is 10.2. The molecule has 4 nitrogen and oxygen atoms in total. The second kappa shape index (κ2) is 7.57. The fourth-order valence-corrected chi connectivity index (χ4v) is 2.12. The number of ether oxygens (including phenoxy) is 1. The van der Waals surface area contributed by atoms with Gasteiger partial charge in [-0.05, 0) is 32.9 Å². The number of rotatable bonds is 5. The van der Waals surface area contributed by atoms with E-state index in [0.717, 1.165) is 5.56 Å². The molecule has 0 fully saturated rings. The van der Waals surface area contributed by atoms with Gasteiger partial charge in [0.15, 0.2) is 0 Å². The fourth-order valence-electron chi connectivity index (χ4n) is 1.59. The Labute approximate surface area is 138 Å². The lowest BCUT2D eigenvalue weighted by Gasteiger charge is -2.17. The molecule has 0 aliphatic heterocycles. The SMILES string of the molecule is CC(C)(C)[S+]([O-])N=Cc1ccc(OCc2ccccc2F)nc1. The molecule has 0 radical (unpaired) electrons. The number of hydrogen-bond acceptors (Lipinski definition) is 4. The van der Waals surface area contributed by atoms with Crippen LogP contribution in [0.25, 0.3) is 0 Å². The van der Waals surface area contributed by atoms with Gasteiger partial charge in [0.25, 0.3) is 0 Å². The fraction of sp³-hybridized carbons (Fsp3) is 0.294. The van der Waals surface area contributed by atoms with Crippen LogP contribution in [0.3, 0.4) is 0 Å². The molecule has 0 bridgehead atoms. The Hall–Kier alpha value is -1.92. The zero-order valence-electron chi connectivity index (χ0n) is 13.3. The first-order chi connectivity index (χ1) is 10.9. The minimum absolute atomic E-state index is 0.112. The highest BCUT2D eigenvalue weighted by atomic mass is 32.2. The van der Waals surface area contributed by atoms with Gasteiger partial charge in [-0.25, -0.2) is 9.37 Å². The Morgan fingerprint density at radius 3 is 2.61 bits per heavy atom. The summed E-state index contributed by atoms with van der Waals surface area (Å²) in [4.78, 5) is 4.13. The molecule has 23 heavy (non-hydrogen) atoms. The molecule has 6 heteroatoms. The topological polar surface area (TPSA) is 57.5 Å². The summed E-state index contributed by atoms with van der Waals surface area (Å²) in [6.45, 7) is 5.69. The second-order valence-electron chi connectivity index (χ2n) is 5.91. The van der Waals surface area contributed by atoms with Crippen LogP contribution in [-0.4, -0.2) is 20.5 Å². The number of halogens is 1. The van der Waals surface area contributed by atoms with Gasteiger partial charge in [-0.1, -0.05) is 22.6 Å². The highest BCUT2D eigenvalue weighted by molar-refractivity contribution is 7.91. The van der Waals surface area contributed by atoms with Crippen molar-refractivity contribution in [3.63, 3.8) is 0 Å². The molecule has 2 aromatic rings. The summed E-state index contributed by atoms with van der Waals surface area (Å²) in [5, 5.41) is 0. The van der Waals surface area contributed by atoms with Gasteiger partial charge in [0, 0.05) is 23.4 Å². The average Bonchev–Trinajstić information content (AvgIpc) is 2.52. The third-order valence-corrected chi connectivity index (χ3v) is 4.26. The first-order valence-corrected chi connectivity index (χ1v) is 8.25. The molecule has 0 aliphatic rings. The van der Waals surface area contributed by atoms with Gasteiger partial charge in [-0.2, -0.15) is 0 Å². The van der Waals surface area contributed by atoms with E-state index in [1.165, 1.54) is 12.3 Å². The lowest BCUT2D eigenvalue weighted by molar-refractivity contribution is 0.288. The van der Waals surface area contributed by atoms with Crippen LogP contribution in [0.5, 0.6) is 5.88 Å². The molecule has 1 heterocycles. The van der Waals surface area contributed by atoms with E-state index in [4.69, 9.17) is 4.74 Å². The summed E-state index contributed by atoms with van der Waals surface area (Å²) >= 11 is -1.31. The molecule has 2 rings (SSSR count). The largest absolute Gasteiger partial charge is 0.591 e. The van der Waals surface area contributed by atoms with Crippen LogP contribution in [0, 0.1) is 5.82 Å². The van der Waals surface area contributed by atoms with Gasteiger partial charge < -0.3 is 9.29 Å². The van der Waals surface area contributed by atoms with E-state index < -0.39 is 16.1 Å². The van der Waals surface area contributed by atoms with E-state index in [0.29, 0.717) is 11.4 Å². The monoisotopic (exact) mass is 334 g/mol. The van der Waals surface area contributed by atoms with Crippen LogP contribution in [0.1, 0.15) is 31.9 Å². The lowest BCUT2D eigenvalue weighted by Crippen LogP contribution is -2.25. The highest BCUT2D eigenvalue weighted by Gasteiger charge is 2.25. The first kappa shape index (κ1) is 17.4. The molecule has 1 unspecified atom stereocenters. The number of benzene rings is 1. The summed E-state index contributed by atoms with van der Waals surface area (Å²) in [5.74, 6) is 0.0864. The van der Waals surface area contributed by atoms with Crippen molar-refractivity contribution in [3.8, 4) is 5.88 Å². The van der Waals surface area contributed by atoms with Crippen LogP contribution < -0.4 is 4.74 Å². The summed E-state index contributed by atoms with van der Waals surface area (Å²) in [7, 11) is 0. The minimum atomic E-state index is -1.31. The van der Waals surface area contributed by atoms with Crippen molar-refractivity contribution in [2.24, 2.45) is 4.40 Å². The van der Waals surface area contributed by atoms with Crippen LogP contribution in [-0.2, 0) is 18.0 Å². The van der Waals surface area contributed by atoms with Crippen LogP contribution in [0.15, 0.2) is 47.0 Å². The van der Waals surface area contributed by atoms with Crippen LogP contribution in [0.2, 0.25) is 0 Å². The summed E-state index contributed by atoms with van der Waals surface area (Å²) in [6, 6.07) is 9.87. The number of hydrogen-bond donors (Lipinski definition) is 0. The predicted molar refractivity (Wildman–Crippen MR) is 90.5 cm³/mol. The van der Waals surface area contributed by atoms with Gasteiger partial charge >= 0.3 is 0 Å². The predicted octanol–water partition coefficient (Wildman–Crippen LogP) is 3.68. The quantitative estimate of drug-likeness (QED) is 0.619. The molecule has 0 saturated heterocycles. The molecule has 0 saturated carbocycles. The second-order valence-corrected chi connectivity index (χ2v) is 7.84. The summed E-state index contributed by atoms with van der Waals surface area (Å²) < 4.78 is 34.4. The number of nitrogens with zero attached hydrogens (tertiary/aromatic N) is 2. The maximum Gasteiger partial charge on any atom is 0.213 e. The van der Waals surface area contributed by atoms with Crippen molar-refractivity contribution >= 4 is 17.6 Å². The van der Waals surface area contributed by atoms with E-state index in [2.05, 4.69) is 9.38 Å². The first-order valence-electron chi connectivity index (χ1n) is 7.14. The molecule has 0 N–H and O–H groups in total. The van der Waals surface area contributed by atoms with Gasteiger partial charge in [0.05, 0.1) is 6.21 Å². The standard InChI is InChI=1S/C17H19FN2O2S/c1-17(2,3)23(21)20-11-13-8-9-16(19-10-13)22-12-14-6-4-5-7-15(14)18/h4-11H,12H2,1-3H3. The van der Waals surface area contributed by atoms with Crippen molar-refractivity contribution in [1.29, 1.82) is 0 Å². The third-order valence-electron chi connectivity index (χ3n) is 2.91. The highest BCUT2D eigenvalue weighted by Crippen LogP contribution is 2.17. The average molecular weight is 334 g/mol. The Morgan fingerprint density at radius 2 is 2.00 bits per heavy atom. The van der Waals surface area contributed by atoms with Crippen molar-refractivity contribution in [2.75, 3.05) is 0 Å². The van der Waals surface area contributed by atoms with E-state index in [-0.39, 0.29) is 12.4 Å². The van der Waals surface area contributed by atoms with Crippen molar-refractivity contribution < 1.29 is 13.7 Å². The molecule has 0 amide bonds. The maximum absolute atomic E-state index is 13.5. The molecule has 0 spiro atoms. The molecule has 1 aromatic heterocycles. The molecule has 0 aliphatic carbocycles. The number of aromatic nitrogens is 1. The van der Waals surface area contributed by atoms with Gasteiger partial charge in [-0.3, -0.25) is 0 Å². The Bertz CT molecular complexity index is 669. The van der Waals surface area contributed by atoms with Gasteiger partial charge in [0.1, 0.15) is 28.5 Å². The Balaban J connectivity index is 1.95. The zero-order chi connectivity index (χ0) is 16.9. The Morgan fingerprint density at radius 1 is 1.26 bits per heavy atom. The van der Waals surface area contributed by atoms with E-state index in [1.807, 2.05) is 20.8 Å². The zero-order valence-corrected chi connectivity index (χ0v) is 14.1. The smallest absolute Gasteiger partial charge is 0.213 e. The molecular formula is C17H19FN2O2S. The normalized spacial score (nSPS) is 13.3. The molecule has 122 valence electrons. The molecule has 1 atom stereocenters. The summed E-state index contributed by atoms with van der Waals surface area (Å²) in [5.41, 5.74) is 1.20. The summed E-state index contributed by atoms with van der Waals surface area (Å²) in [6.07, 6.45) is 3.09. The number of pyridine rings is 1. The van der Waals surface area contributed by atoms with Crippen LogP contribution >= 0.6 is 0 Å². The van der Waals surface area contributed by atoms with Crippen LogP contribution in [0.4, 0.5) is 4.39 Å². The van der Waals surface area contributed by atoms with E-state index in [9.17, 15) is 8.94 Å². The van der Waals surface area contributed by atoms with Gasteiger partial charge in [0.2, 0.25) is 5.88 Å². The molecule has 1 aromatic carbocycles. The third kappa shape index (κ3) is 5.33. The van der Waals surface area contributed by atoms with Crippen molar-refractivity contribution in [2.45, 2.75) is 32.1 Å². The van der Waals surface area contributed by atoms with Gasteiger partial charge in [-0.15, -0.1) is 0 Å². The van der Waals surface area contributed by atoms with E-state index >= 15 is 0 Å². The maximum atomic E-state index is 13.5. The minimum Gasteiger partial charge on any atom is -0.591 e. The molecular weight excluding hydrogens is 315 g/mol. The van der Waals surface area contributed by atoms with E-state index in [1.54, 1.807) is 36.5 Å². The Kier molecular flexibility index (Phi) is 5.74.